The zero-order chi connectivity index (χ0) is 11.4. The molecule has 0 spiro atoms. The number of aliphatic hydroxyl groups is 1. The van der Waals surface area contributed by atoms with E-state index in [-0.39, 0.29) is 23.9 Å². The SMILES string of the molecule is COc1cc(C(N)CCO)cc(O)c1O. The topological polar surface area (TPSA) is 95.9 Å². The molecule has 1 rings (SSSR count). The normalized spacial score (nSPS) is 12.5. The second-order valence-electron chi connectivity index (χ2n) is 3.21. The summed E-state index contributed by atoms with van der Waals surface area (Å²) in [6.45, 7) is -0.0366. The lowest BCUT2D eigenvalue weighted by Crippen LogP contribution is -2.11. The van der Waals surface area contributed by atoms with Crippen LogP contribution >= 0.6 is 0 Å². The number of nitrogens with two attached hydrogens (primary N) is 1. The lowest BCUT2D eigenvalue weighted by atomic mass is 10.0. The highest BCUT2D eigenvalue weighted by atomic mass is 16.5. The van der Waals surface area contributed by atoms with Gasteiger partial charge in [-0.05, 0) is 24.1 Å². The molecule has 0 saturated heterocycles. The predicted octanol–water partition coefficient (Wildman–Crippen LogP) is 0.489. The molecule has 0 saturated carbocycles. The first-order chi connectivity index (χ1) is 7.10. The Hall–Kier alpha value is -1.46. The van der Waals surface area contributed by atoms with Gasteiger partial charge < -0.3 is 25.8 Å². The summed E-state index contributed by atoms with van der Waals surface area (Å²) in [5, 5.41) is 27.5. The fraction of sp³-hybridized carbons (Fsp3) is 0.400. The van der Waals surface area contributed by atoms with Crippen molar-refractivity contribution in [3.63, 3.8) is 0 Å². The molecule has 0 aliphatic heterocycles. The van der Waals surface area contributed by atoms with Crippen molar-refractivity contribution in [2.75, 3.05) is 13.7 Å². The molecule has 0 fully saturated rings. The van der Waals surface area contributed by atoms with Crippen LogP contribution in [0.25, 0.3) is 0 Å². The summed E-state index contributed by atoms with van der Waals surface area (Å²) >= 11 is 0. The van der Waals surface area contributed by atoms with Gasteiger partial charge in [0.15, 0.2) is 11.5 Å². The van der Waals surface area contributed by atoms with Crippen LogP contribution in [-0.4, -0.2) is 29.0 Å². The van der Waals surface area contributed by atoms with E-state index in [4.69, 9.17) is 15.6 Å². The highest BCUT2D eigenvalue weighted by molar-refractivity contribution is 5.52. The average molecular weight is 213 g/mol. The maximum absolute atomic E-state index is 9.38. The van der Waals surface area contributed by atoms with Crippen molar-refractivity contribution in [3.05, 3.63) is 17.7 Å². The van der Waals surface area contributed by atoms with Crippen molar-refractivity contribution in [2.24, 2.45) is 5.73 Å². The minimum atomic E-state index is -0.393. The van der Waals surface area contributed by atoms with Crippen LogP contribution in [-0.2, 0) is 0 Å². The number of aromatic hydroxyl groups is 2. The number of hydrogen-bond acceptors (Lipinski definition) is 5. The van der Waals surface area contributed by atoms with E-state index in [1.165, 1.54) is 19.2 Å². The molecule has 1 atom stereocenters. The lowest BCUT2D eigenvalue weighted by Gasteiger charge is -2.13. The standard InChI is InChI=1S/C10H15NO4/c1-15-9-5-6(7(11)2-3-12)4-8(13)10(9)14/h4-5,7,12-14H,2-3,11H2,1H3. The largest absolute Gasteiger partial charge is 0.504 e. The molecular weight excluding hydrogens is 198 g/mol. The summed E-state index contributed by atoms with van der Waals surface area (Å²) in [7, 11) is 1.38. The number of hydrogen-bond donors (Lipinski definition) is 4. The van der Waals surface area contributed by atoms with Crippen molar-refractivity contribution in [1.29, 1.82) is 0 Å². The third kappa shape index (κ3) is 2.51. The Morgan fingerprint density at radius 3 is 2.60 bits per heavy atom. The van der Waals surface area contributed by atoms with Gasteiger partial charge in [0, 0.05) is 12.6 Å². The number of rotatable bonds is 4. The zero-order valence-electron chi connectivity index (χ0n) is 8.47. The molecule has 0 bridgehead atoms. The van der Waals surface area contributed by atoms with E-state index in [1.807, 2.05) is 0 Å². The van der Waals surface area contributed by atoms with Gasteiger partial charge in [-0.2, -0.15) is 0 Å². The van der Waals surface area contributed by atoms with Gasteiger partial charge in [0.2, 0.25) is 5.75 Å². The van der Waals surface area contributed by atoms with Gasteiger partial charge in [-0.1, -0.05) is 0 Å². The Balaban J connectivity index is 3.05. The van der Waals surface area contributed by atoms with Gasteiger partial charge >= 0.3 is 0 Å². The molecule has 0 aliphatic carbocycles. The number of ether oxygens (including phenoxy) is 1. The predicted molar refractivity (Wildman–Crippen MR) is 55.0 cm³/mol. The summed E-state index contributed by atoms with van der Waals surface area (Å²) in [4.78, 5) is 0. The maximum Gasteiger partial charge on any atom is 0.200 e. The molecule has 84 valence electrons. The first-order valence-corrected chi connectivity index (χ1v) is 4.56. The van der Waals surface area contributed by atoms with Crippen LogP contribution < -0.4 is 10.5 Å². The summed E-state index contributed by atoms with van der Waals surface area (Å²) in [5.74, 6) is -0.423. The molecule has 5 N–H and O–H groups in total. The maximum atomic E-state index is 9.38. The molecular formula is C10H15NO4. The van der Waals surface area contributed by atoms with Crippen molar-refractivity contribution in [2.45, 2.75) is 12.5 Å². The van der Waals surface area contributed by atoms with E-state index in [0.717, 1.165) is 0 Å². The Labute approximate surface area is 87.7 Å². The Morgan fingerprint density at radius 2 is 2.07 bits per heavy atom. The Morgan fingerprint density at radius 1 is 1.40 bits per heavy atom. The number of phenols is 2. The van der Waals surface area contributed by atoms with Crippen LogP contribution in [0.2, 0.25) is 0 Å². The minimum absolute atomic E-state index is 0.0366. The van der Waals surface area contributed by atoms with Crippen molar-refractivity contribution in [3.8, 4) is 17.2 Å². The van der Waals surface area contributed by atoms with Crippen LogP contribution in [0, 0.1) is 0 Å². The molecule has 0 aliphatic rings. The van der Waals surface area contributed by atoms with Gasteiger partial charge in [-0.25, -0.2) is 0 Å². The molecule has 5 nitrogen and oxygen atoms in total. The molecule has 1 aromatic carbocycles. The third-order valence-corrected chi connectivity index (χ3v) is 2.17. The van der Waals surface area contributed by atoms with Crippen LogP contribution in [0.15, 0.2) is 12.1 Å². The van der Waals surface area contributed by atoms with Crippen molar-refractivity contribution >= 4 is 0 Å². The molecule has 0 amide bonds. The van der Waals surface area contributed by atoms with Gasteiger partial charge in [0.1, 0.15) is 0 Å². The lowest BCUT2D eigenvalue weighted by molar-refractivity contribution is 0.276. The second-order valence-corrected chi connectivity index (χ2v) is 3.21. The number of aliphatic hydroxyl groups excluding tert-OH is 1. The van der Waals surface area contributed by atoms with Crippen LogP contribution in [0.5, 0.6) is 17.2 Å². The van der Waals surface area contributed by atoms with Gasteiger partial charge in [0.05, 0.1) is 7.11 Å². The van der Waals surface area contributed by atoms with Crippen LogP contribution in [0.1, 0.15) is 18.0 Å². The number of phenolic OH excluding ortho intramolecular Hbond substituents is 2. The van der Waals surface area contributed by atoms with E-state index in [2.05, 4.69) is 0 Å². The molecule has 15 heavy (non-hydrogen) atoms. The summed E-state index contributed by atoms with van der Waals surface area (Å²) in [6, 6.07) is 2.50. The van der Waals surface area contributed by atoms with Crippen molar-refractivity contribution < 1.29 is 20.1 Å². The summed E-state index contributed by atoms with van der Waals surface area (Å²) < 4.78 is 4.87. The van der Waals surface area contributed by atoms with E-state index < -0.39 is 6.04 Å². The van der Waals surface area contributed by atoms with E-state index in [0.29, 0.717) is 12.0 Å². The zero-order valence-corrected chi connectivity index (χ0v) is 8.47. The first-order valence-electron chi connectivity index (χ1n) is 4.56. The molecule has 1 unspecified atom stereocenters. The molecule has 1 aromatic rings. The molecule has 0 radical (unpaired) electrons. The van der Waals surface area contributed by atoms with E-state index in [9.17, 15) is 10.2 Å². The Bertz CT molecular complexity index is 340. The van der Waals surface area contributed by atoms with Crippen LogP contribution in [0.4, 0.5) is 0 Å². The van der Waals surface area contributed by atoms with E-state index >= 15 is 0 Å². The minimum Gasteiger partial charge on any atom is -0.504 e. The average Bonchev–Trinajstić information content (AvgIpc) is 2.22. The van der Waals surface area contributed by atoms with Crippen molar-refractivity contribution in [1.82, 2.24) is 0 Å². The fourth-order valence-corrected chi connectivity index (χ4v) is 1.29. The molecule has 5 heteroatoms. The quantitative estimate of drug-likeness (QED) is 0.546. The van der Waals surface area contributed by atoms with Gasteiger partial charge in [0.25, 0.3) is 0 Å². The highest BCUT2D eigenvalue weighted by Crippen LogP contribution is 2.37. The smallest absolute Gasteiger partial charge is 0.200 e. The monoisotopic (exact) mass is 213 g/mol. The second kappa shape index (κ2) is 4.86. The summed E-state index contributed by atoms with van der Waals surface area (Å²) in [6.07, 6.45) is 0.382. The number of benzene rings is 1. The Kier molecular flexibility index (Phi) is 3.76. The first kappa shape index (κ1) is 11.6. The molecule has 0 aromatic heterocycles. The fourth-order valence-electron chi connectivity index (χ4n) is 1.29. The van der Waals surface area contributed by atoms with E-state index in [1.54, 1.807) is 0 Å². The van der Waals surface area contributed by atoms with Gasteiger partial charge in [-0.3, -0.25) is 0 Å². The number of methoxy groups -OCH3 is 1. The highest BCUT2D eigenvalue weighted by Gasteiger charge is 2.13. The molecule has 0 heterocycles. The van der Waals surface area contributed by atoms with Gasteiger partial charge in [-0.15, -0.1) is 0 Å². The summed E-state index contributed by atoms with van der Waals surface area (Å²) in [5.41, 5.74) is 6.35. The van der Waals surface area contributed by atoms with Crippen LogP contribution in [0.3, 0.4) is 0 Å². The third-order valence-electron chi connectivity index (χ3n) is 2.17.